The molecule has 0 aliphatic carbocycles. The highest BCUT2D eigenvalue weighted by atomic mass is 19.1. The molecule has 0 spiro atoms. The van der Waals surface area contributed by atoms with Crippen molar-refractivity contribution in [3.05, 3.63) is 28.7 Å². The maximum atomic E-state index is 13.7. The number of hydrogen-bond acceptors (Lipinski definition) is 2. The van der Waals surface area contributed by atoms with E-state index in [9.17, 15) is 9.18 Å². The van der Waals surface area contributed by atoms with Crippen LogP contribution in [-0.2, 0) is 0 Å². The highest BCUT2D eigenvalue weighted by Gasteiger charge is 2.16. The fourth-order valence-electron chi connectivity index (χ4n) is 2.02. The number of hydrogen-bond donors (Lipinski definition) is 1. The van der Waals surface area contributed by atoms with Crippen LogP contribution < -0.4 is 5.56 Å². The van der Waals surface area contributed by atoms with E-state index in [1.165, 1.54) is 12.5 Å². The van der Waals surface area contributed by atoms with Crippen LogP contribution in [0.25, 0.3) is 11.0 Å². The summed E-state index contributed by atoms with van der Waals surface area (Å²) < 4.78 is 15.4. The van der Waals surface area contributed by atoms with Crippen molar-refractivity contribution in [2.75, 3.05) is 0 Å². The molecule has 1 unspecified atom stereocenters. The van der Waals surface area contributed by atoms with Crippen molar-refractivity contribution < 1.29 is 4.39 Å². The number of rotatable bonds is 4. The summed E-state index contributed by atoms with van der Waals surface area (Å²) in [5, 5.41) is 0.0517. The molecule has 0 saturated carbocycles. The Morgan fingerprint density at radius 1 is 1.59 bits per heavy atom. The molecule has 0 amide bonds. The second-order valence-corrected chi connectivity index (χ2v) is 4.31. The van der Waals surface area contributed by atoms with Gasteiger partial charge in [0.25, 0.3) is 5.56 Å². The van der Waals surface area contributed by atoms with Crippen LogP contribution >= 0.6 is 0 Å². The lowest BCUT2D eigenvalue weighted by Crippen LogP contribution is -2.09. The van der Waals surface area contributed by atoms with Gasteiger partial charge in [0, 0.05) is 12.2 Å². The number of halogens is 1. The molecule has 2 rings (SSSR count). The Morgan fingerprint density at radius 2 is 2.35 bits per heavy atom. The van der Waals surface area contributed by atoms with Crippen LogP contribution in [0.1, 0.15) is 39.2 Å². The predicted octanol–water partition coefficient (Wildman–Crippen LogP) is 2.61. The molecule has 1 atom stereocenters. The van der Waals surface area contributed by atoms with Crippen LogP contribution in [0.5, 0.6) is 0 Å². The van der Waals surface area contributed by atoms with Crippen molar-refractivity contribution in [2.24, 2.45) is 0 Å². The first-order chi connectivity index (χ1) is 8.15. The molecule has 0 aliphatic heterocycles. The molecule has 2 heterocycles. The van der Waals surface area contributed by atoms with Gasteiger partial charge in [-0.2, -0.15) is 0 Å². The van der Waals surface area contributed by atoms with Crippen molar-refractivity contribution in [3.8, 4) is 0 Å². The maximum absolute atomic E-state index is 13.7. The van der Waals surface area contributed by atoms with Gasteiger partial charge in [0.2, 0.25) is 0 Å². The molecule has 2 aromatic rings. The SMILES string of the molecule is CCCCC(C)n1cc(F)c2c(=O)[nH]cnc21. The lowest BCUT2D eigenvalue weighted by atomic mass is 10.1. The van der Waals surface area contributed by atoms with E-state index in [0.717, 1.165) is 19.3 Å². The van der Waals surface area contributed by atoms with Gasteiger partial charge in [0.05, 0.1) is 6.33 Å². The van der Waals surface area contributed by atoms with Crippen molar-refractivity contribution in [1.82, 2.24) is 14.5 Å². The summed E-state index contributed by atoms with van der Waals surface area (Å²) >= 11 is 0. The number of nitrogens with one attached hydrogen (secondary N) is 1. The van der Waals surface area contributed by atoms with Crippen molar-refractivity contribution >= 4 is 11.0 Å². The summed E-state index contributed by atoms with van der Waals surface area (Å²) in [4.78, 5) is 18.0. The molecule has 0 fully saturated rings. The van der Waals surface area contributed by atoms with E-state index in [0.29, 0.717) is 5.65 Å². The highest BCUT2D eigenvalue weighted by molar-refractivity contribution is 5.75. The van der Waals surface area contributed by atoms with Crippen molar-refractivity contribution in [2.45, 2.75) is 39.2 Å². The van der Waals surface area contributed by atoms with E-state index in [1.54, 1.807) is 4.57 Å². The first-order valence-corrected chi connectivity index (χ1v) is 5.88. The fourth-order valence-corrected chi connectivity index (χ4v) is 2.02. The molecule has 0 aromatic carbocycles. The van der Waals surface area contributed by atoms with E-state index in [2.05, 4.69) is 16.9 Å². The van der Waals surface area contributed by atoms with Gasteiger partial charge in [-0.1, -0.05) is 19.8 Å². The van der Waals surface area contributed by atoms with Gasteiger partial charge in [-0.25, -0.2) is 9.37 Å². The van der Waals surface area contributed by atoms with E-state index in [4.69, 9.17) is 0 Å². The molecule has 4 nitrogen and oxygen atoms in total. The summed E-state index contributed by atoms with van der Waals surface area (Å²) in [6.07, 6.45) is 5.81. The standard InChI is InChI=1S/C12H16FN3O/c1-3-4-5-8(2)16-6-9(13)10-11(16)14-7-15-12(10)17/h6-8H,3-5H2,1-2H3,(H,14,15,17). The van der Waals surface area contributed by atoms with E-state index < -0.39 is 11.4 Å². The smallest absolute Gasteiger partial charge is 0.263 e. The Morgan fingerprint density at radius 3 is 3.06 bits per heavy atom. The van der Waals surface area contributed by atoms with Gasteiger partial charge in [-0.05, 0) is 13.3 Å². The number of aromatic nitrogens is 3. The second kappa shape index (κ2) is 4.69. The van der Waals surface area contributed by atoms with Crippen molar-refractivity contribution in [1.29, 1.82) is 0 Å². The third-order valence-electron chi connectivity index (χ3n) is 3.02. The topological polar surface area (TPSA) is 50.7 Å². The van der Waals surface area contributed by atoms with Crippen molar-refractivity contribution in [3.63, 3.8) is 0 Å². The van der Waals surface area contributed by atoms with Gasteiger partial charge in [0.1, 0.15) is 5.39 Å². The van der Waals surface area contributed by atoms with Gasteiger partial charge < -0.3 is 9.55 Å². The summed E-state index contributed by atoms with van der Waals surface area (Å²) in [7, 11) is 0. The van der Waals surface area contributed by atoms with Crippen LogP contribution in [0.4, 0.5) is 4.39 Å². The number of nitrogens with zero attached hydrogens (tertiary/aromatic N) is 2. The zero-order valence-corrected chi connectivity index (χ0v) is 10.0. The third kappa shape index (κ3) is 2.09. The molecular formula is C12H16FN3O. The summed E-state index contributed by atoms with van der Waals surface area (Å²) in [5.41, 5.74) is 0.00351. The number of aromatic amines is 1. The van der Waals surface area contributed by atoms with Gasteiger partial charge in [0.15, 0.2) is 11.5 Å². The number of unbranched alkanes of at least 4 members (excludes halogenated alkanes) is 1. The Kier molecular flexibility index (Phi) is 3.26. The molecule has 92 valence electrons. The minimum absolute atomic E-state index is 0.0517. The largest absolute Gasteiger partial charge is 0.326 e. The average molecular weight is 237 g/mol. The van der Waals surface area contributed by atoms with E-state index in [1.807, 2.05) is 6.92 Å². The first kappa shape index (κ1) is 11.8. The minimum Gasteiger partial charge on any atom is -0.326 e. The average Bonchev–Trinajstić information content (AvgIpc) is 2.65. The quantitative estimate of drug-likeness (QED) is 0.888. The Balaban J connectivity index is 2.49. The van der Waals surface area contributed by atoms with E-state index in [-0.39, 0.29) is 11.4 Å². The molecule has 17 heavy (non-hydrogen) atoms. The van der Waals surface area contributed by atoms with Gasteiger partial charge >= 0.3 is 0 Å². The molecular weight excluding hydrogens is 221 g/mol. The normalized spacial score (nSPS) is 13.1. The molecule has 5 heteroatoms. The summed E-state index contributed by atoms with van der Waals surface area (Å²) in [6, 6.07) is 0.149. The fraction of sp³-hybridized carbons (Fsp3) is 0.500. The second-order valence-electron chi connectivity index (χ2n) is 4.31. The zero-order valence-electron chi connectivity index (χ0n) is 10.0. The van der Waals surface area contributed by atoms with E-state index >= 15 is 0 Å². The van der Waals surface area contributed by atoms with Crippen LogP contribution in [0.15, 0.2) is 17.3 Å². The Labute approximate surface area is 98.5 Å². The molecule has 0 bridgehead atoms. The number of H-pyrrole nitrogens is 1. The monoisotopic (exact) mass is 237 g/mol. The first-order valence-electron chi connectivity index (χ1n) is 5.88. The molecule has 0 aliphatic rings. The van der Waals surface area contributed by atoms with Crippen LogP contribution in [-0.4, -0.2) is 14.5 Å². The summed E-state index contributed by atoms with van der Waals surface area (Å²) in [5.74, 6) is -0.502. The summed E-state index contributed by atoms with van der Waals surface area (Å²) in [6.45, 7) is 4.13. The van der Waals surface area contributed by atoms with Crippen LogP contribution in [0.3, 0.4) is 0 Å². The molecule has 0 radical (unpaired) electrons. The van der Waals surface area contributed by atoms with Crippen LogP contribution in [0.2, 0.25) is 0 Å². The predicted molar refractivity (Wildman–Crippen MR) is 64.5 cm³/mol. The Hall–Kier alpha value is -1.65. The molecule has 2 aromatic heterocycles. The molecule has 0 saturated heterocycles. The van der Waals surface area contributed by atoms with Crippen LogP contribution in [0, 0.1) is 5.82 Å². The lowest BCUT2D eigenvalue weighted by Gasteiger charge is -2.13. The van der Waals surface area contributed by atoms with Gasteiger partial charge in [-0.15, -0.1) is 0 Å². The lowest BCUT2D eigenvalue weighted by molar-refractivity contribution is 0.489. The minimum atomic E-state index is -0.502. The maximum Gasteiger partial charge on any atom is 0.263 e. The number of fused-ring (bicyclic) bond motifs is 1. The Bertz CT molecular complexity index is 573. The van der Waals surface area contributed by atoms with Gasteiger partial charge in [-0.3, -0.25) is 4.79 Å². The zero-order chi connectivity index (χ0) is 12.4. The highest BCUT2D eigenvalue weighted by Crippen LogP contribution is 2.22. The third-order valence-corrected chi connectivity index (χ3v) is 3.02. The molecule has 1 N–H and O–H groups in total.